The Morgan fingerprint density at radius 1 is 1.00 bits per heavy atom. The second-order valence-electron chi connectivity index (χ2n) is 5.24. The van der Waals surface area contributed by atoms with Crippen LogP contribution in [0, 0.1) is 5.82 Å². The fraction of sp³-hybridized carbons (Fsp3) is 0.235. The zero-order chi connectivity index (χ0) is 18.1. The van der Waals surface area contributed by atoms with Crippen molar-refractivity contribution in [2.75, 3.05) is 6.54 Å². The summed E-state index contributed by atoms with van der Waals surface area (Å²) in [4.78, 5) is 34.9. The van der Waals surface area contributed by atoms with E-state index in [1.165, 1.54) is 30.5 Å². The summed E-state index contributed by atoms with van der Waals surface area (Å²) in [6, 6.07) is 8.67. The Balaban J connectivity index is 1.58. The summed E-state index contributed by atoms with van der Waals surface area (Å²) in [6.07, 6.45) is 1.97. The van der Waals surface area contributed by atoms with Crippen molar-refractivity contribution in [3.63, 3.8) is 0 Å². The van der Waals surface area contributed by atoms with E-state index in [1.54, 1.807) is 12.1 Å². The quantitative estimate of drug-likeness (QED) is 0.519. The van der Waals surface area contributed by atoms with Crippen molar-refractivity contribution < 1.29 is 23.2 Å². The molecule has 25 heavy (non-hydrogen) atoms. The molecular weight excluding hydrogens is 329 g/mol. The van der Waals surface area contributed by atoms with Gasteiger partial charge in [0, 0.05) is 13.0 Å². The van der Waals surface area contributed by atoms with Gasteiger partial charge in [0.1, 0.15) is 5.82 Å². The Kier molecular flexibility index (Phi) is 6.70. The maximum atomic E-state index is 12.8. The number of carbonyl (C=O) groups is 3. The summed E-state index contributed by atoms with van der Waals surface area (Å²) < 4.78 is 17.7. The number of amides is 3. The van der Waals surface area contributed by atoms with Crippen LogP contribution in [0.5, 0.6) is 0 Å². The summed E-state index contributed by atoms with van der Waals surface area (Å²) >= 11 is 0. The minimum absolute atomic E-state index is 0.0275. The fourth-order valence-electron chi connectivity index (χ4n) is 1.98. The molecule has 2 aromatic rings. The zero-order valence-corrected chi connectivity index (χ0v) is 13.4. The normalized spacial score (nSPS) is 10.1. The Morgan fingerprint density at radius 2 is 1.72 bits per heavy atom. The average molecular weight is 347 g/mol. The molecule has 3 amide bonds. The van der Waals surface area contributed by atoms with Crippen LogP contribution in [0.1, 0.15) is 29.0 Å². The van der Waals surface area contributed by atoms with Crippen molar-refractivity contribution in [1.29, 1.82) is 0 Å². The first kappa shape index (κ1) is 18.2. The molecule has 0 aliphatic heterocycles. The lowest BCUT2D eigenvalue weighted by atomic mass is 10.1. The van der Waals surface area contributed by atoms with E-state index in [0.717, 1.165) is 0 Å². The number of nitrogens with one attached hydrogen (secondary N) is 3. The molecule has 0 radical (unpaired) electrons. The SMILES string of the molecule is O=C(CCCNC(=O)c1ccco1)NNC(=O)Cc1ccc(F)cc1. The number of hydrogen-bond acceptors (Lipinski definition) is 4. The third-order valence-electron chi connectivity index (χ3n) is 3.23. The highest BCUT2D eigenvalue weighted by atomic mass is 19.1. The molecule has 1 aromatic heterocycles. The van der Waals surface area contributed by atoms with E-state index in [1.807, 2.05) is 0 Å². The fourth-order valence-corrected chi connectivity index (χ4v) is 1.98. The largest absolute Gasteiger partial charge is 0.459 e. The van der Waals surface area contributed by atoms with E-state index in [-0.39, 0.29) is 36.2 Å². The van der Waals surface area contributed by atoms with E-state index in [2.05, 4.69) is 16.2 Å². The Bertz CT molecular complexity index is 714. The van der Waals surface area contributed by atoms with Crippen molar-refractivity contribution >= 4 is 17.7 Å². The van der Waals surface area contributed by atoms with Gasteiger partial charge in [-0.05, 0) is 36.2 Å². The summed E-state index contributed by atoms with van der Waals surface area (Å²) in [7, 11) is 0. The predicted molar refractivity (Wildman–Crippen MR) is 86.7 cm³/mol. The minimum atomic E-state index is -0.411. The van der Waals surface area contributed by atoms with Crippen LogP contribution in [-0.2, 0) is 16.0 Å². The van der Waals surface area contributed by atoms with Gasteiger partial charge in [-0.3, -0.25) is 25.2 Å². The van der Waals surface area contributed by atoms with E-state index in [4.69, 9.17) is 4.42 Å². The van der Waals surface area contributed by atoms with Gasteiger partial charge in [0.25, 0.3) is 5.91 Å². The summed E-state index contributed by atoms with van der Waals surface area (Å²) in [6.45, 7) is 0.302. The summed E-state index contributed by atoms with van der Waals surface area (Å²) in [5.41, 5.74) is 5.20. The minimum Gasteiger partial charge on any atom is -0.459 e. The molecule has 0 atom stereocenters. The Hall–Kier alpha value is -3.16. The highest BCUT2D eigenvalue weighted by Gasteiger charge is 2.09. The highest BCUT2D eigenvalue weighted by Crippen LogP contribution is 2.03. The van der Waals surface area contributed by atoms with Crippen LogP contribution in [0.25, 0.3) is 0 Å². The lowest BCUT2D eigenvalue weighted by Gasteiger charge is -2.08. The van der Waals surface area contributed by atoms with E-state index in [0.29, 0.717) is 18.5 Å². The predicted octanol–water partition coefficient (Wildman–Crippen LogP) is 1.32. The second-order valence-corrected chi connectivity index (χ2v) is 5.24. The van der Waals surface area contributed by atoms with Gasteiger partial charge in [-0.25, -0.2) is 4.39 Å². The number of benzene rings is 1. The van der Waals surface area contributed by atoms with E-state index in [9.17, 15) is 18.8 Å². The molecule has 1 heterocycles. The molecule has 0 spiro atoms. The van der Waals surface area contributed by atoms with Gasteiger partial charge in [-0.1, -0.05) is 12.1 Å². The van der Waals surface area contributed by atoms with Crippen LogP contribution < -0.4 is 16.2 Å². The van der Waals surface area contributed by atoms with Crippen LogP contribution in [0.15, 0.2) is 47.1 Å². The number of halogens is 1. The molecular formula is C17H18FN3O4. The Labute approximate surface area is 143 Å². The maximum Gasteiger partial charge on any atom is 0.286 e. The molecule has 8 heteroatoms. The van der Waals surface area contributed by atoms with Gasteiger partial charge in [-0.15, -0.1) is 0 Å². The van der Waals surface area contributed by atoms with Crippen LogP contribution in [0.4, 0.5) is 4.39 Å². The number of rotatable bonds is 7. The smallest absolute Gasteiger partial charge is 0.286 e. The molecule has 0 bridgehead atoms. The summed E-state index contributed by atoms with van der Waals surface area (Å²) in [5.74, 6) is -1.31. The van der Waals surface area contributed by atoms with Crippen LogP contribution in [0.2, 0.25) is 0 Å². The molecule has 3 N–H and O–H groups in total. The molecule has 0 fully saturated rings. The Morgan fingerprint density at radius 3 is 2.40 bits per heavy atom. The van der Waals surface area contributed by atoms with E-state index >= 15 is 0 Å². The average Bonchev–Trinajstić information content (AvgIpc) is 3.13. The highest BCUT2D eigenvalue weighted by molar-refractivity contribution is 5.91. The van der Waals surface area contributed by atoms with Crippen LogP contribution in [0.3, 0.4) is 0 Å². The van der Waals surface area contributed by atoms with Gasteiger partial charge < -0.3 is 9.73 Å². The van der Waals surface area contributed by atoms with Crippen molar-refractivity contribution in [1.82, 2.24) is 16.2 Å². The molecule has 0 aliphatic rings. The number of furan rings is 1. The van der Waals surface area contributed by atoms with Gasteiger partial charge in [0.2, 0.25) is 11.8 Å². The number of carbonyl (C=O) groups excluding carboxylic acids is 3. The molecule has 0 aliphatic carbocycles. The zero-order valence-electron chi connectivity index (χ0n) is 13.4. The molecule has 1 aromatic carbocycles. The third kappa shape index (κ3) is 6.46. The van der Waals surface area contributed by atoms with Crippen molar-refractivity contribution in [3.05, 3.63) is 59.8 Å². The third-order valence-corrected chi connectivity index (χ3v) is 3.23. The standard InChI is InChI=1S/C17H18FN3O4/c18-13-7-5-12(6-8-13)11-16(23)21-20-15(22)4-1-9-19-17(24)14-3-2-10-25-14/h2-3,5-8,10H,1,4,9,11H2,(H,19,24)(H,20,22)(H,21,23). The van der Waals surface area contributed by atoms with Crippen LogP contribution in [-0.4, -0.2) is 24.3 Å². The molecule has 2 rings (SSSR count). The number of hydrazine groups is 1. The van der Waals surface area contributed by atoms with E-state index < -0.39 is 5.91 Å². The topological polar surface area (TPSA) is 100 Å². The summed E-state index contributed by atoms with van der Waals surface area (Å²) in [5, 5.41) is 2.61. The monoisotopic (exact) mass is 347 g/mol. The van der Waals surface area contributed by atoms with Gasteiger partial charge in [0.05, 0.1) is 12.7 Å². The molecule has 132 valence electrons. The first-order valence-electron chi connectivity index (χ1n) is 7.68. The molecule has 0 unspecified atom stereocenters. The van der Waals surface area contributed by atoms with Crippen molar-refractivity contribution in [2.45, 2.75) is 19.3 Å². The molecule has 7 nitrogen and oxygen atoms in total. The van der Waals surface area contributed by atoms with Gasteiger partial charge >= 0.3 is 0 Å². The number of hydrogen-bond donors (Lipinski definition) is 3. The molecule has 0 saturated carbocycles. The first-order valence-corrected chi connectivity index (χ1v) is 7.68. The maximum absolute atomic E-state index is 12.8. The van der Waals surface area contributed by atoms with Crippen molar-refractivity contribution in [3.8, 4) is 0 Å². The second kappa shape index (κ2) is 9.21. The van der Waals surface area contributed by atoms with Gasteiger partial charge in [-0.2, -0.15) is 0 Å². The molecule has 0 saturated heterocycles. The van der Waals surface area contributed by atoms with Crippen LogP contribution >= 0.6 is 0 Å². The lowest BCUT2D eigenvalue weighted by Crippen LogP contribution is -2.42. The first-order chi connectivity index (χ1) is 12.0. The van der Waals surface area contributed by atoms with Crippen molar-refractivity contribution in [2.24, 2.45) is 0 Å². The lowest BCUT2D eigenvalue weighted by molar-refractivity contribution is -0.128. The van der Waals surface area contributed by atoms with Gasteiger partial charge in [0.15, 0.2) is 5.76 Å².